The summed E-state index contributed by atoms with van der Waals surface area (Å²) in [7, 11) is 0. The van der Waals surface area contributed by atoms with Gasteiger partial charge in [-0.25, -0.2) is 0 Å². The SMILES string of the molecule is Clc1cccc(CN2CCCC3(CCCNC3)C2)c1Cl. The first-order valence-corrected chi connectivity index (χ1v) is 8.30. The van der Waals surface area contributed by atoms with Gasteiger partial charge in [-0.15, -0.1) is 0 Å². The molecule has 1 atom stereocenters. The van der Waals surface area contributed by atoms with E-state index in [0.717, 1.165) is 17.1 Å². The van der Waals surface area contributed by atoms with Gasteiger partial charge < -0.3 is 5.32 Å². The average Bonchev–Trinajstić information content (AvgIpc) is 2.45. The van der Waals surface area contributed by atoms with Crippen LogP contribution in [0.3, 0.4) is 0 Å². The summed E-state index contributed by atoms with van der Waals surface area (Å²) < 4.78 is 0. The van der Waals surface area contributed by atoms with Crippen molar-refractivity contribution in [3.63, 3.8) is 0 Å². The Morgan fingerprint density at radius 1 is 1.20 bits per heavy atom. The molecule has 3 rings (SSSR count). The molecule has 2 aliphatic rings. The third-order valence-corrected chi connectivity index (χ3v) is 5.58. The van der Waals surface area contributed by atoms with Gasteiger partial charge in [0, 0.05) is 19.6 Å². The molecule has 0 radical (unpaired) electrons. The number of benzene rings is 1. The molecule has 1 spiro atoms. The predicted molar refractivity (Wildman–Crippen MR) is 85.5 cm³/mol. The smallest absolute Gasteiger partial charge is 0.0637 e. The Balaban J connectivity index is 1.69. The van der Waals surface area contributed by atoms with E-state index in [2.05, 4.69) is 16.3 Å². The Labute approximate surface area is 131 Å². The van der Waals surface area contributed by atoms with Crippen LogP contribution in [-0.4, -0.2) is 31.1 Å². The molecule has 0 saturated carbocycles. The first-order valence-electron chi connectivity index (χ1n) is 7.55. The van der Waals surface area contributed by atoms with E-state index < -0.39 is 0 Å². The van der Waals surface area contributed by atoms with E-state index >= 15 is 0 Å². The van der Waals surface area contributed by atoms with Crippen molar-refractivity contribution in [2.75, 3.05) is 26.2 Å². The van der Waals surface area contributed by atoms with Crippen molar-refractivity contribution in [2.24, 2.45) is 5.41 Å². The zero-order chi connectivity index (χ0) is 14.0. The fourth-order valence-corrected chi connectivity index (χ4v) is 4.12. The molecule has 1 aromatic carbocycles. The second-order valence-corrected chi connectivity index (χ2v) is 7.09. The summed E-state index contributed by atoms with van der Waals surface area (Å²) in [6, 6.07) is 5.94. The number of hydrogen-bond donors (Lipinski definition) is 1. The molecule has 110 valence electrons. The van der Waals surface area contributed by atoms with Crippen LogP contribution in [0, 0.1) is 5.41 Å². The van der Waals surface area contributed by atoms with Crippen molar-refractivity contribution in [3.8, 4) is 0 Å². The third kappa shape index (κ3) is 3.14. The standard InChI is InChI=1S/C16H22Cl2N2/c17-14-5-1-4-13(15(14)18)10-20-9-3-7-16(12-20)6-2-8-19-11-16/h1,4-5,19H,2-3,6-12H2. The van der Waals surface area contributed by atoms with E-state index in [0.29, 0.717) is 10.4 Å². The highest BCUT2D eigenvalue weighted by atomic mass is 35.5. The number of piperidine rings is 2. The normalized spacial score (nSPS) is 27.9. The van der Waals surface area contributed by atoms with E-state index in [-0.39, 0.29) is 0 Å². The molecule has 2 aliphatic heterocycles. The van der Waals surface area contributed by atoms with Gasteiger partial charge in [0.25, 0.3) is 0 Å². The van der Waals surface area contributed by atoms with Crippen LogP contribution in [0.5, 0.6) is 0 Å². The Morgan fingerprint density at radius 2 is 2.05 bits per heavy atom. The largest absolute Gasteiger partial charge is 0.316 e. The summed E-state index contributed by atoms with van der Waals surface area (Å²) in [6.07, 6.45) is 5.32. The monoisotopic (exact) mass is 312 g/mol. The summed E-state index contributed by atoms with van der Waals surface area (Å²) in [5.74, 6) is 0. The van der Waals surface area contributed by atoms with Crippen molar-refractivity contribution < 1.29 is 0 Å². The molecule has 20 heavy (non-hydrogen) atoms. The molecule has 1 N–H and O–H groups in total. The first-order chi connectivity index (χ1) is 9.69. The molecular weight excluding hydrogens is 291 g/mol. The van der Waals surface area contributed by atoms with E-state index in [1.54, 1.807) is 0 Å². The molecular formula is C16H22Cl2N2. The minimum atomic E-state index is 0.488. The van der Waals surface area contributed by atoms with Crippen molar-refractivity contribution in [3.05, 3.63) is 33.8 Å². The van der Waals surface area contributed by atoms with Crippen LogP contribution in [0.1, 0.15) is 31.2 Å². The van der Waals surface area contributed by atoms with Crippen molar-refractivity contribution in [2.45, 2.75) is 32.2 Å². The van der Waals surface area contributed by atoms with Crippen LogP contribution in [0.15, 0.2) is 18.2 Å². The Bertz CT molecular complexity index is 464. The number of rotatable bonds is 2. The molecule has 2 saturated heterocycles. The second kappa shape index (κ2) is 6.23. The fourth-order valence-electron chi connectivity index (χ4n) is 3.74. The van der Waals surface area contributed by atoms with Crippen LogP contribution in [0.25, 0.3) is 0 Å². The highest BCUT2D eigenvalue weighted by Gasteiger charge is 2.36. The predicted octanol–water partition coefficient (Wildman–Crippen LogP) is 3.96. The van der Waals surface area contributed by atoms with Gasteiger partial charge in [0.2, 0.25) is 0 Å². The summed E-state index contributed by atoms with van der Waals surface area (Å²) >= 11 is 12.4. The Morgan fingerprint density at radius 3 is 2.85 bits per heavy atom. The zero-order valence-electron chi connectivity index (χ0n) is 11.8. The first kappa shape index (κ1) is 14.6. The summed E-state index contributed by atoms with van der Waals surface area (Å²) in [4.78, 5) is 2.55. The third-order valence-electron chi connectivity index (χ3n) is 4.73. The Hall–Kier alpha value is -0.280. The Kier molecular flexibility index (Phi) is 4.56. The van der Waals surface area contributed by atoms with Gasteiger partial charge in [-0.3, -0.25) is 4.90 Å². The van der Waals surface area contributed by atoms with E-state index in [1.165, 1.54) is 51.9 Å². The molecule has 2 fully saturated rings. The minimum Gasteiger partial charge on any atom is -0.316 e. The lowest BCUT2D eigenvalue weighted by molar-refractivity contribution is 0.0601. The maximum Gasteiger partial charge on any atom is 0.0637 e. The van der Waals surface area contributed by atoms with E-state index in [4.69, 9.17) is 23.2 Å². The van der Waals surface area contributed by atoms with E-state index in [1.807, 2.05) is 12.1 Å². The molecule has 1 aromatic rings. The summed E-state index contributed by atoms with van der Waals surface area (Å²) in [5.41, 5.74) is 1.64. The molecule has 0 amide bonds. The highest BCUT2D eigenvalue weighted by molar-refractivity contribution is 6.42. The minimum absolute atomic E-state index is 0.488. The lowest BCUT2D eigenvalue weighted by atomic mass is 9.74. The number of halogens is 2. The van der Waals surface area contributed by atoms with Gasteiger partial charge >= 0.3 is 0 Å². The van der Waals surface area contributed by atoms with Crippen molar-refractivity contribution >= 4 is 23.2 Å². The topological polar surface area (TPSA) is 15.3 Å². The van der Waals surface area contributed by atoms with E-state index in [9.17, 15) is 0 Å². The van der Waals surface area contributed by atoms with Gasteiger partial charge in [-0.2, -0.15) is 0 Å². The molecule has 2 nitrogen and oxygen atoms in total. The number of nitrogens with zero attached hydrogens (tertiary/aromatic N) is 1. The van der Waals surface area contributed by atoms with Gasteiger partial charge in [-0.1, -0.05) is 35.3 Å². The fraction of sp³-hybridized carbons (Fsp3) is 0.625. The van der Waals surface area contributed by atoms with Gasteiger partial charge in [-0.05, 0) is 55.8 Å². The van der Waals surface area contributed by atoms with Crippen LogP contribution in [0.4, 0.5) is 0 Å². The molecule has 4 heteroatoms. The molecule has 0 aromatic heterocycles. The second-order valence-electron chi connectivity index (χ2n) is 6.31. The van der Waals surface area contributed by atoms with Crippen LogP contribution in [0.2, 0.25) is 10.0 Å². The number of likely N-dealkylation sites (tertiary alicyclic amines) is 1. The number of nitrogens with one attached hydrogen (secondary N) is 1. The highest BCUT2D eigenvalue weighted by Crippen LogP contribution is 2.37. The number of hydrogen-bond acceptors (Lipinski definition) is 2. The van der Waals surface area contributed by atoms with Crippen LogP contribution >= 0.6 is 23.2 Å². The van der Waals surface area contributed by atoms with Gasteiger partial charge in [0.15, 0.2) is 0 Å². The zero-order valence-corrected chi connectivity index (χ0v) is 13.3. The average molecular weight is 313 g/mol. The van der Waals surface area contributed by atoms with Crippen LogP contribution in [-0.2, 0) is 6.54 Å². The summed E-state index contributed by atoms with van der Waals surface area (Å²) in [6.45, 7) is 5.63. The summed E-state index contributed by atoms with van der Waals surface area (Å²) in [5, 5.41) is 4.96. The maximum absolute atomic E-state index is 6.32. The van der Waals surface area contributed by atoms with Crippen LogP contribution < -0.4 is 5.32 Å². The maximum atomic E-state index is 6.32. The van der Waals surface area contributed by atoms with Crippen molar-refractivity contribution in [1.82, 2.24) is 10.2 Å². The van der Waals surface area contributed by atoms with Crippen molar-refractivity contribution in [1.29, 1.82) is 0 Å². The molecule has 0 bridgehead atoms. The molecule has 1 unspecified atom stereocenters. The lowest BCUT2D eigenvalue weighted by Gasteiger charge is -2.45. The lowest BCUT2D eigenvalue weighted by Crippen LogP contribution is -2.50. The molecule has 0 aliphatic carbocycles. The quantitative estimate of drug-likeness (QED) is 0.889. The molecule has 2 heterocycles. The van der Waals surface area contributed by atoms with Gasteiger partial charge in [0.05, 0.1) is 10.0 Å². The van der Waals surface area contributed by atoms with Gasteiger partial charge in [0.1, 0.15) is 0 Å².